The van der Waals surface area contributed by atoms with Crippen LogP contribution in [0.2, 0.25) is 0 Å². The highest BCUT2D eigenvalue weighted by molar-refractivity contribution is 5.69. The standard InChI is InChI=1S/C23H40O3/c1-3-4-5-6-9-12-19(24)15-16-20-18(2)17-22-21(20)13-10-7-8-11-14-23(25)26-22/h7,10,18-22,24H,3-6,8-9,11-17H2,1-2H3/b10-7-/t18-,19?,20+,21-,22+/m1/s1. The highest BCUT2D eigenvalue weighted by Crippen LogP contribution is 2.44. The van der Waals surface area contributed by atoms with Crippen LogP contribution >= 0.6 is 0 Å². The number of ether oxygens (including phenoxy) is 1. The molecule has 3 heteroatoms. The summed E-state index contributed by atoms with van der Waals surface area (Å²) in [4.78, 5) is 12.0. The molecular formula is C23H40O3. The van der Waals surface area contributed by atoms with E-state index in [4.69, 9.17) is 4.74 Å². The lowest BCUT2D eigenvalue weighted by atomic mass is 9.83. The van der Waals surface area contributed by atoms with E-state index in [9.17, 15) is 9.90 Å². The Morgan fingerprint density at radius 1 is 1.19 bits per heavy atom. The summed E-state index contributed by atoms with van der Waals surface area (Å²) >= 11 is 0. The third-order valence-corrected chi connectivity index (χ3v) is 6.45. The van der Waals surface area contributed by atoms with Crippen molar-refractivity contribution in [2.24, 2.45) is 17.8 Å². The first-order valence-corrected chi connectivity index (χ1v) is 11.1. The Labute approximate surface area is 160 Å². The van der Waals surface area contributed by atoms with E-state index in [1.54, 1.807) is 0 Å². The van der Waals surface area contributed by atoms with E-state index in [2.05, 4.69) is 26.0 Å². The van der Waals surface area contributed by atoms with Crippen LogP contribution in [0, 0.1) is 17.8 Å². The summed E-state index contributed by atoms with van der Waals surface area (Å²) in [5, 5.41) is 10.4. The van der Waals surface area contributed by atoms with E-state index in [0.717, 1.165) is 51.4 Å². The smallest absolute Gasteiger partial charge is 0.306 e. The number of aliphatic hydroxyl groups is 1. The van der Waals surface area contributed by atoms with E-state index in [1.165, 1.54) is 25.7 Å². The molecule has 0 bridgehead atoms. The van der Waals surface area contributed by atoms with E-state index in [-0.39, 0.29) is 18.2 Å². The van der Waals surface area contributed by atoms with Gasteiger partial charge in [-0.3, -0.25) is 4.79 Å². The number of allylic oxidation sites excluding steroid dienone is 2. The van der Waals surface area contributed by atoms with Crippen LogP contribution in [0.4, 0.5) is 0 Å². The fourth-order valence-corrected chi connectivity index (χ4v) is 4.85. The van der Waals surface area contributed by atoms with Crippen molar-refractivity contribution >= 4 is 5.97 Å². The lowest BCUT2D eigenvalue weighted by Crippen LogP contribution is -2.26. The topological polar surface area (TPSA) is 46.5 Å². The molecule has 1 N–H and O–H groups in total. The highest BCUT2D eigenvalue weighted by Gasteiger charge is 2.42. The van der Waals surface area contributed by atoms with Crippen LogP contribution in [0.3, 0.4) is 0 Å². The summed E-state index contributed by atoms with van der Waals surface area (Å²) in [6.07, 6.45) is 18.0. The van der Waals surface area contributed by atoms with Crippen LogP contribution < -0.4 is 0 Å². The molecule has 150 valence electrons. The van der Waals surface area contributed by atoms with Gasteiger partial charge in [0, 0.05) is 12.3 Å². The van der Waals surface area contributed by atoms with E-state index in [1.807, 2.05) is 0 Å². The number of esters is 1. The van der Waals surface area contributed by atoms with E-state index >= 15 is 0 Å². The molecule has 0 saturated heterocycles. The molecule has 1 saturated carbocycles. The maximum absolute atomic E-state index is 12.0. The first-order valence-electron chi connectivity index (χ1n) is 11.1. The first kappa shape index (κ1) is 21.5. The van der Waals surface area contributed by atoms with Gasteiger partial charge in [-0.25, -0.2) is 0 Å². The maximum Gasteiger partial charge on any atom is 0.306 e. The first-order chi connectivity index (χ1) is 12.6. The van der Waals surface area contributed by atoms with Gasteiger partial charge in [-0.1, -0.05) is 58.1 Å². The highest BCUT2D eigenvalue weighted by atomic mass is 16.5. The Bertz CT molecular complexity index is 431. The second-order valence-corrected chi connectivity index (χ2v) is 8.60. The number of aliphatic hydroxyl groups excluding tert-OH is 1. The minimum atomic E-state index is -0.166. The Balaban J connectivity index is 1.81. The Morgan fingerprint density at radius 3 is 2.81 bits per heavy atom. The number of rotatable bonds is 9. The monoisotopic (exact) mass is 364 g/mol. The summed E-state index contributed by atoms with van der Waals surface area (Å²) in [5.41, 5.74) is 0. The summed E-state index contributed by atoms with van der Waals surface area (Å²) in [7, 11) is 0. The minimum Gasteiger partial charge on any atom is -0.462 e. The number of hydrogen-bond acceptors (Lipinski definition) is 3. The molecule has 1 aliphatic heterocycles. The molecule has 3 nitrogen and oxygen atoms in total. The molecule has 0 radical (unpaired) electrons. The largest absolute Gasteiger partial charge is 0.462 e. The quantitative estimate of drug-likeness (QED) is 0.319. The van der Waals surface area contributed by atoms with Crippen molar-refractivity contribution in [1.82, 2.24) is 0 Å². The van der Waals surface area contributed by atoms with Crippen molar-refractivity contribution in [3.8, 4) is 0 Å². The molecule has 2 aliphatic rings. The molecule has 1 heterocycles. The van der Waals surface area contributed by atoms with Crippen LogP contribution in [0.25, 0.3) is 0 Å². The predicted molar refractivity (Wildman–Crippen MR) is 107 cm³/mol. The Morgan fingerprint density at radius 2 is 2.00 bits per heavy atom. The molecule has 0 aromatic carbocycles. The van der Waals surface area contributed by atoms with Crippen LogP contribution in [0.5, 0.6) is 0 Å². The summed E-state index contributed by atoms with van der Waals surface area (Å²) in [6, 6.07) is 0. The van der Waals surface area contributed by atoms with Gasteiger partial charge in [-0.15, -0.1) is 0 Å². The van der Waals surface area contributed by atoms with Crippen LogP contribution in [0.15, 0.2) is 12.2 Å². The molecule has 0 aromatic heterocycles. The molecule has 5 atom stereocenters. The van der Waals surface area contributed by atoms with E-state index < -0.39 is 0 Å². The molecule has 1 aliphatic carbocycles. The normalized spacial score (nSPS) is 31.9. The summed E-state index contributed by atoms with van der Waals surface area (Å²) < 4.78 is 5.83. The number of hydrogen-bond donors (Lipinski definition) is 1. The van der Waals surface area contributed by atoms with E-state index in [0.29, 0.717) is 24.2 Å². The average molecular weight is 365 g/mol. The average Bonchev–Trinajstić information content (AvgIpc) is 2.90. The van der Waals surface area contributed by atoms with Crippen molar-refractivity contribution in [1.29, 1.82) is 0 Å². The van der Waals surface area contributed by atoms with Crippen molar-refractivity contribution in [3.05, 3.63) is 12.2 Å². The van der Waals surface area contributed by atoms with Crippen LogP contribution in [-0.4, -0.2) is 23.3 Å². The van der Waals surface area contributed by atoms with Crippen LogP contribution in [0.1, 0.15) is 97.3 Å². The number of carbonyl (C=O) groups excluding carboxylic acids is 1. The van der Waals surface area contributed by atoms with Crippen molar-refractivity contribution in [2.45, 2.75) is 110 Å². The summed E-state index contributed by atoms with van der Waals surface area (Å²) in [6.45, 7) is 4.53. The lowest BCUT2D eigenvalue weighted by Gasteiger charge is -2.26. The van der Waals surface area contributed by atoms with Gasteiger partial charge in [0.25, 0.3) is 0 Å². The molecule has 1 fully saturated rings. The molecular weight excluding hydrogens is 324 g/mol. The van der Waals surface area contributed by atoms with Gasteiger partial charge in [0.05, 0.1) is 6.10 Å². The fourth-order valence-electron chi connectivity index (χ4n) is 4.85. The molecule has 0 aromatic rings. The fraction of sp³-hybridized carbons (Fsp3) is 0.870. The van der Waals surface area contributed by atoms with Crippen LogP contribution in [-0.2, 0) is 9.53 Å². The van der Waals surface area contributed by atoms with Gasteiger partial charge < -0.3 is 9.84 Å². The second-order valence-electron chi connectivity index (χ2n) is 8.60. The van der Waals surface area contributed by atoms with Gasteiger partial charge in [-0.05, 0) is 56.8 Å². The number of fused-ring (bicyclic) bond motifs is 1. The minimum absolute atomic E-state index is 0.0183. The van der Waals surface area contributed by atoms with Crippen molar-refractivity contribution in [3.63, 3.8) is 0 Å². The lowest BCUT2D eigenvalue weighted by molar-refractivity contribution is -0.151. The van der Waals surface area contributed by atoms with Gasteiger partial charge >= 0.3 is 5.97 Å². The number of carbonyl (C=O) groups is 1. The number of unbranched alkanes of at least 4 members (excludes halogenated alkanes) is 4. The zero-order valence-corrected chi connectivity index (χ0v) is 17.0. The third kappa shape index (κ3) is 7.06. The zero-order chi connectivity index (χ0) is 18.8. The second kappa shape index (κ2) is 11.8. The Hall–Kier alpha value is -0.830. The van der Waals surface area contributed by atoms with Gasteiger partial charge in [-0.2, -0.15) is 0 Å². The summed E-state index contributed by atoms with van der Waals surface area (Å²) in [5.74, 6) is 1.55. The molecule has 26 heavy (non-hydrogen) atoms. The third-order valence-electron chi connectivity index (χ3n) is 6.45. The SMILES string of the molecule is CCCCCCCC(O)CC[C@@H]1[C@H]2C/C=C\CCCC(=O)O[C@H]2C[C@H]1C. The van der Waals surface area contributed by atoms with Crippen molar-refractivity contribution in [2.75, 3.05) is 0 Å². The molecule has 1 unspecified atom stereocenters. The van der Waals surface area contributed by atoms with Gasteiger partial charge in [0.1, 0.15) is 6.10 Å². The molecule has 2 rings (SSSR count). The predicted octanol–water partition coefficient (Wildman–Crippen LogP) is 5.80. The van der Waals surface area contributed by atoms with Crippen molar-refractivity contribution < 1.29 is 14.6 Å². The Kier molecular flexibility index (Phi) is 9.74. The van der Waals surface area contributed by atoms with Gasteiger partial charge in [0.2, 0.25) is 0 Å². The molecule has 0 spiro atoms. The maximum atomic E-state index is 12.0. The van der Waals surface area contributed by atoms with Gasteiger partial charge in [0.15, 0.2) is 0 Å². The molecule has 0 amide bonds. The zero-order valence-electron chi connectivity index (χ0n) is 17.0.